The van der Waals surface area contributed by atoms with Gasteiger partial charge in [-0.1, -0.05) is 91.0 Å². The molecule has 5 aromatic rings. The SMILES string of the molecule is CO[C@H](c1ccc(N2C(=O)c3ccccc3Oc3ccccc32)cc1)[C@H](C)/C=C/CCn1cc([C@H](O)c2ccccc2)nn1. The number of carbonyl (C=O) groups is 1. The molecule has 4 aromatic carbocycles. The Bertz CT molecular complexity index is 1750. The standard InChI is InChI=1S/C36H34N4O4/c1-25(12-10-11-23-39-24-30(37-38-39)34(41)26-13-4-3-5-14-26)35(43-2)27-19-21-28(22-20-27)40-31-16-7-9-18-33(31)44-32-17-8-6-15-29(32)36(40)42/h3-10,12-22,24-25,34-35,41H,11,23H2,1-2H3/b12-10+/t25-,34-,35+/m1/s1. The fraction of sp³-hybridized carbons (Fsp3) is 0.194. The molecular weight excluding hydrogens is 552 g/mol. The summed E-state index contributed by atoms with van der Waals surface area (Å²) in [6.45, 7) is 2.76. The van der Waals surface area contributed by atoms with Crippen LogP contribution in [0.1, 0.15) is 52.7 Å². The second-order valence-corrected chi connectivity index (χ2v) is 10.7. The number of nitrogens with zero attached hydrogens (tertiary/aromatic N) is 4. The summed E-state index contributed by atoms with van der Waals surface area (Å²) in [5, 5.41) is 18.9. The van der Waals surface area contributed by atoms with E-state index in [9.17, 15) is 9.90 Å². The molecular formula is C36H34N4O4. The number of methoxy groups -OCH3 is 1. The fourth-order valence-corrected chi connectivity index (χ4v) is 5.51. The Balaban J connectivity index is 1.12. The number of amides is 1. The van der Waals surface area contributed by atoms with E-state index in [1.165, 1.54) is 0 Å². The molecule has 44 heavy (non-hydrogen) atoms. The molecule has 0 unspecified atom stereocenters. The Morgan fingerprint density at radius 2 is 1.59 bits per heavy atom. The first-order chi connectivity index (χ1) is 21.5. The van der Waals surface area contributed by atoms with Gasteiger partial charge in [0.1, 0.15) is 17.5 Å². The van der Waals surface area contributed by atoms with Gasteiger partial charge in [-0.25, -0.2) is 0 Å². The van der Waals surface area contributed by atoms with Gasteiger partial charge < -0.3 is 14.6 Å². The molecule has 1 aliphatic heterocycles. The van der Waals surface area contributed by atoms with Crippen LogP contribution in [0.15, 0.2) is 121 Å². The Labute approximate surface area is 256 Å². The first kappa shape index (κ1) is 29.0. The Morgan fingerprint density at radius 3 is 2.36 bits per heavy atom. The number of anilines is 2. The summed E-state index contributed by atoms with van der Waals surface area (Å²) >= 11 is 0. The minimum Gasteiger partial charge on any atom is -0.454 e. The molecule has 8 heteroatoms. The molecule has 0 bridgehead atoms. The number of rotatable bonds is 10. The average molecular weight is 587 g/mol. The van der Waals surface area contributed by atoms with Crippen LogP contribution in [0.5, 0.6) is 11.5 Å². The van der Waals surface area contributed by atoms with Crippen molar-refractivity contribution in [2.75, 3.05) is 12.0 Å². The number of aliphatic hydroxyl groups excluding tert-OH is 1. The minimum absolute atomic E-state index is 0.0953. The van der Waals surface area contributed by atoms with Crippen molar-refractivity contribution in [1.29, 1.82) is 0 Å². The highest BCUT2D eigenvalue weighted by atomic mass is 16.5. The molecule has 0 saturated carbocycles. The number of ether oxygens (including phenoxy) is 2. The summed E-state index contributed by atoms with van der Waals surface area (Å²) < 4.78 is 13.8. The van der Waals surface area contributed by atoms with Crippen molar-refractivity contribution in [2.45, 2.75) is 32.1 Å². The lowest BCUT2D eigenvalue weighted by molar-refractivity contribution is 0.0741. The van der Waals surface area contributed by atoms with E-state index in [0.29, 0.717) is 35.0 Å². The maximum Gasteiger partial charge on any atom is 0.266 e. The normalized spacial score (nSPS) is 14.8. The maximum atomic E-state index is 13.7. The number of aliphatic hydroxyl groups is 1. The molecule has 8 nitrogen and oxygen atoms in total. The van der Waals surface area contributed by atoms with Crippen molar-refractivity contribution in [3.05, 3.63) is 144 Å². The van der Waals surface area contributed by atoms with Gasteiger partial charge >= 0.3 is 0 Å². The summed E-state index contributed by atoms with van der Waals surface area (Å²) in [7, 11) is 1.71. The maximum absolute atomic E-state index is 13.7. The number of carbonyl (C=O) groups excluding carboxylic acids is 1. The van der Waals surface area contributed by atoms with Crippen LogP contribution in [0.3, 0.4) is 0 Å². The first-order valence-electron chi connectivity index (χ1n) is 14.7. The number of aryl methyl sites for hydroxylation is 1. The number of hydrogen-bond donors (Lipinski definition) is 1. The summed E-state index contributed by atoms with van der Waals surface area (Å²) in [5.74, 6) is 1.11. The van der Waals surface area contributed by atoms with E-state index in [1.54, 1.807) is 29.0 Å². The van der Waals surface area contributed by atoms with Gasteiger partial charge in [0.25, 0.3) is 5.91 Å². The third-order valence-corrected chi connectivity index (χ3v) is 7.77. The molecule has 0 fully saturated rings. The largest absolute Gasteiger partial charge is 0.454 e. The molecule has 6 rings (SSSR count). The summed E-state index contributed by atoms with van der Waals surface area (Å²) in [6, 6.07) is 32.2. The quantitative estimate of drug-likeness (QED) is 0.171. The minimum atomic E-state index is -0.800. The predicted molar refractivity (Wildman–Crippen MR) is 169 cm³/mol. The van der Waals surface area contributed by atoms with Gasteiger partial charge in [-0.3, -0.25) is 14.4 Å². The number of hydrogen-bond acceptors (Lipinski definition) is 6. The number of para-hydroxylation sites is 3. The average Bonchev–Trinajstić information content (AvgIpc) is 3.49. The van der Waals surface area contributed by atoms with Gasteiger partial charge in [0.05, 0.1) is 23.6 Å². The molecule has 1 amide bonds. The third kappa shape index (κ3) is 6.04. The smallest absolute Gasteiger partial charge is 0.266 e. The van der Waals surface area contributed by atoms with Crippen LogP contribution in [-0.4, -0.2) is 33.1 Å². The van der Waals surface area contributed by atoms with Crippen molar-refractivity contribution in [3.63, 3.8) is 0 Å². The molecule has 0 saturated heterocycles. The number of allylic oxidation sites excluding steroid dienone is 1. The molecule has 0 radical (unpaired) electrons. The summed E-state index contributed by atoms with van der Waals surface area (Å²) in [5.41, 5.74) is 4.27. The van der Waals surface area contributed by atoms with E-state index in [4.69, 9.17) is 9.47 Å². The molecule has 3 atom stereocenters. The summed E-state index contributed by atoms with van der Waals surface area (Å²) in [6.07, 6.45) is 5.82. The van der Waals surface area contributed by atoms with E-state index in [2.05, 4.69) is 29.4 Å². The van der Waals surface area contributed by atoms with Gasteiger partial charge in [-0.2, -0.15) is 0 Å². The zero-order valence-corrected chi connectivity index (χ0v) is 24.7. The van der Waals surface area contributed by atoms with E-state index in [1.807, 2.05) is 97.1 Å². The second-order valence-electron chi connectivity index (χ2n) is 10.7. The number of fused-ring (bicyclic) bond motifs is 2. The van der Waals surface area contributed by atoms with E-state index in [-0.39, 0.29) is 17.9 Å². The lowest BCUT2D eigenvalue weighted by Crippen LogP contribution is -2.25. The van der Waals surface area contributed by atoms with E-state index >= 15 is 0 Å². The van der Waals surface area contributed by atoms with Gasteiger partial charge in [0.2, 0.25) is 0 Å². The van der Waals surface area contributed by atoms with Crippen LogP contribution in [0.25, 0.3) is 0 Å². The van der Waals surface area contributed by atoms with Crippen LogP contribution in [0, 0.1) is 5.92 Å². The number of benzene rings is 4. The lowest BCUT2D eigenvalue weighted by Gasteiger charge is -2.24. The van der Waals surface area contributed by atoms with Gasteiger partial charge in [-0.05, 0) is 53.9 Å². The van der Waals surface area contributed by atoms with Crippen LogP contribution >= 0.6 is 0 Å². The van der Waals surface area contributed by atoms with Crippen molar-refractivity contribution >= 4 is 17.3 Å². The predicted octanol–water partition coefficient (Wildman–Crippen LogP) is 7.41. The molecule has 0 aliphatic carbocycles. The monoisotopic (exact) mass is 586 g/mol. The van der Waals surface area contributed by atoms with Crippen molar-refractivity contribution in [2.24, 2.45) is 5.92 Å². The first-order valence-corrected chi connectivity index (χ1v) is 14.7. The highest BCUT2D eigenvalue weighted by Gasteiger charge is 2.29. The molecule has 2 heterocycles. The van der Waals surface area contributed by atoms with Gasteiger partial charge in [0.15, 0.2) is 5.75 Å². The third-order valence-electron chi connectivity index (χ3n) is 7.77. The molecule has 1 N–H and O–H groups in total. The van der Waals surface area contributed by atoms with Crippen molar-refractivity contribution in [3.8, 4) is 11.5 Å². The summed E-state index contributed by atoms with van der Waals surface area (Å²) in [4.78, 5) is 15.4. The van der Waals surface area contributed by atoms with Crippen molar-refractivity contribution < 1.29 is 19.4 Å². The van der Waals surface area contributed by atoms with Crippen LogP contribution < -0.4 is 9.64 Å². The van der Waals surface area contributed by atoms with E-state index < -0.39 is 6.10 Å². The van der Waals surface area contributed by atoms with Crippen LogP contribution in [-0.2, 0) is 11.3 Å². The topological polar surface area (TPSA) is 89.7 Å². The lowest BCUT2D eigenvalue weighted by atomic mass is 9.96. The van der Waals surface area contributed by atoms with Crippen LogP contribution in [0.4, 0.5) is 11.4 Å². The van der Waals surface area contributed by atoms with Crippen LogP contribution in [0.2, 0.25) is 0 Å². The van der Waals surface area contributed by atoms with Gasteiger partial charge in [0, 0.05) is 25.3 Å². The highest BCUT2D eigenvalue weighted by molar-refractivity contribution is 6.14. The van der Waals surface area contributed by atoms with Crippen molar-refractivity contribution in [1.82, 2.24) is 15.0 Å². The number of aromatic nitrogens is 3. The Morgan fingerprint density at radius 1 is 0.886 bits per heavy atom. The molecule has 0 spiro atoms. The zero-order chi connectivity index (χ0) is 30.5. The Hall–Kier alpha value is -5.05. The molecule has 1 aromatic heterocycles. The molecule has 222 valence electrons. The van der Waals surface area contributed by atoms with Gasteiger partial charge in [-0.15, -0.1) is 5.10 Å². The Kier molecular flexibility index (Phi) is 8.63. The molecule has 1 aliphatic rings. The second kappa shape index (κ2) is 13.1. The fourth-order valence-electron chi connectivity index (χ4n) is 5.51. The van der Waals surface area contributed by atoms with E-state index in [0.717, 1.165) is 23.2 Å². The zero-order valence-electron chi connectivity index (χ0n) is 24.7. The highest BCUT2D eigenvalue weighted by Crippen LogP contribution is 2.42.